The first-order chi connectivity index (χ1) is 6.16. The second kappa shape index (κ2) is 3.29. The highest BCUT2D eigenvalue weighted by atomic mass is 16.3. The highest BCUT2D eigenvalue weighted by Gasteiger charge is 2.39. The van der Waals surface area contributed by atoms with Crippen LogP contribution in [0.5, 0.6) is 0 Å². The zero-order valence-electron chi connectivity index (χ0n) is 7.78. The molecule has 2 rings (SSSR count). The molecule has 0 spiro atoms. The molecule has 2 saturated carbocycles. The topological polar surface area (TPSA) is 63.3 Å². The van der Waals surface area contributed by atoms with Crippen LogP contribution in [0.3, 0.4) is 0 Å². The number of nitrogens with two attached hydrogens (primary N) is 1. The van der Waals surface area contributed by atoms with E-state index in [-0.39, 0.29) is 17.9 Å². The number of fused-ring (bicyclic) bond motifs is 1. The van der Waals surface area contributed by atoms with E-state index in [1.165, 1.54) is 0 Å². The van der Waals surface area contributed by atoms with E-state index >= 15 is 0 Å². The Morgan fingerprint density at radius 1 is 1.15 bits per heavy atom. The van der Waals surface area contributed by atoms with E-state index in [1.807, 2.05) is 0 Å². The maximum absolute atomic E-state index is 11.0. The van der Waals surface area contributed by atoms with Crippen molar-refractivity contribution in [2.45, 2.75) is 38.2 Å². The molecule has 0 aliphatic heterocycles. The van der Waals surface area contributed by atoms with Crippen molar-refractivity contribution in [2.24, 2.45) is 23.5 Å². The largest absolute Gasteiger partial charge is 0.393 e. The molecule has 3 N–H and O–H groups in total. The number of aliphatic hydroxyl groups excluding tert-OH is 1. The third-order valence-electron chi connectivity index (χ3n) is 3.69. The van der Waals surface area contributed by atoms with Gasteiger partial charge in [0, 0.05) is 5.92 Å². The van der Waals surface area contributed by atoms with Gasteiger partial charge >= 0.3 is 0 Å². The van der Waals surface area contributed by atoms with Crippen molar-refractivity contribution in [1.82, 2.24) is 0 Å². The average Bonchev–Trinajstić information content (AvgIpc) is 2.46. The third-order valence-corrected chi connectivity index (χ3v) is 3.69. The summed E-state index contributed by atoms with van der Waals surface area (Å²) in [6, 6.07) is 0. The first-order valence-corrected chi connectivity index (χ1v) is 5.14. The molecule has 0 saturated heterocycles. The van der Waals surface area contributed by atoms with Crippen molar-refractivity contribution in [3.8, 4) is 0 Å². The Bertz CT molecular complexity index is 217. The Labute approximate surface area is 78.3 Å². The van der Waals surface area contributed by atoms with Crippen LogP contribution in [-0.4, -0.2) is 17.1 Å². The molecule has 2 fully saturated rings. The van der Waals surface area contributed by atoms with Crippen LogP contribution in [0.1, 0.15) is 32.1 Å². The molecule has 2 aliphatic carbocycles. The zero-order chi connectivity index (χ0) is 9.42. The van der Waals surface area contributed by atoms with Crippen LogP contribution in [0.4, 0.5) is 0 Å². The second-order valence-electron chi connectivity index (χ2n) is 4.56. The lowest BCUT2D eigenvalue weighted by molar-refractivity contribution is -0.121. The number of primary amides is 1. The minimum atomic E-state index is -0.149. The summed E-state index contributed by atoms with van der Waals surface area (Å²) >= 11 is 0. The predicted octanol–water partition coefficient (Wildman–Crippen LogP) is 0.659. The molecule has 4 atom stereocenters. The summed E-state index contributed by atoms with van der Waals surface area (Å²) in [4.78, 5) is 11.0. The minimum Gasteiger partial charge on any atom is -0.393 e. The van der Waals surface area contributed by atoms with Crippen molar-refractivity contribution in [2.75, 3.05) is 0 Å². The molecule has 0 radical (unpaired) electrons. The van der Waals surface area contributed by atoms with Gasteiger partial charge < -0.3 is 10.8 Å². The van der Waals surface area contributed by atoms with E-state index in [9.17, 15) is 9.90 Å². The fraction of sp³-hybridized carbons (Fsp3) is 0.900. The smallest absolute Gasteiger partial charge is 0.220 e. The molecule has 0 aromatic rings. The standard InChI is InChI=1S/C10H17NO2/c11-10(13)8-3-6-1-2-9(12)5-7(6)4-8/h6-9,12H,1-5H2,(H2,11,13)/t6-,7+,8?,9+/m0/s1. The van der Waals surface area contributed by atoms with Gasteiger partial charge in [-0.05, 0) is 43.9 Å². The molecule has 0 aromatic heterocycles. The Balaban J connectivity index is 1.98. The Morgan fingerprint density at radius 3 is 2.54 bits per heavy atom. The molecular formula is C10H17NO2. The molecule has 13 heavy (non-hydrogen) atoms. The quantitative estimate of drug-likeness (QED) is 0.627. The minimum absolute atomic E-state index is 0.0836. The molecule has 0 heterocycles. The van der Waals surface area contributed by atoms with Crippen molar-refractivity contribution >= 4 is 5.91 Å². The summed E-state index contributed by atoms with van der Waals surface area (Å²) in [5, 5.41) is 9.46. The monoisotopic (exact) mass is 183 g/mol. The number of carbonyl (C=O) groups excluding carboxylic acids is 1. The SMILES string of the molecule is NC(=O)C1C[C@@H]2C[C@H](O)CC[C@H]2C1. The lowest BCUT2D eigenvalue weighted by atomic mass is 9.80. The number of hydrogen-bond donors (Lipinski definition) is 2. The Hall–Kier alpha value is -0.570. The van der Waals surface area contributed by atoms with Crippen LogP contribution in [0.15, 0.2) is 0 Å². The van der Waals surface area contributed by atoms with E-state index in [2.05, 4.69) is 0 Å². The fourth-order valence-electron chi connectivity index (χ4n) is 2.96. The predicted molar refractivity (Wildman–Crippen MR) is 48.8 cm³/mol. The highest BCUT2D eigenvalue weighted by molar-refractivity contribution is 5.77. The van der Waals surface area contributed by atoms with Crippen LogP contribution in [0, 0.1) is 17.8 Å². The number of rotatable bonds is 1. The van der Waals surface area contributed by atoms with Crippen LogP contribution < -0.4 is 5.73 Å². The van der Waals surface area contributed by atoms with E-state index in [1.54, 1.807) is 0 Å². The van der Waals surface area contributed by atoms with Crippen molar-refractivity contribution in [3.05, 3.63) is 0 Å². The van der Waals surface area contributed by atoms with Gasteiger partial charge in [-0.3, -0.25) is 4.79 Å². The van der Waals surface area contributed by atoms with Crippen molar-refractivity contribution in [1.29, 1.82) is 0 Å². The van der Waals surface area contributed by atoms with Gasteiger partial charge in [0.1, 0.15) is 0 Å². The van der Waals surface area contributed by atoms with E-state index in [0.29, 0.717) is 11.8 Å². The molecular weight excluding hydrogens is 166 g/mol. The average molecular weight is 183 g/mol. The number of hydrogen-bond acceptors (Lipinski definition) is 2. The second-order valence-corrected chi connectivity index (χ2v) is 4.56. The van der Waals surface area contributed by atoms with Gasteiger partial charge in [-0.15, -0.1) is 0 Å². The number of aliphatic hydroxyl groups is 1. The van der Waals surface area contributed by atoms with Gasteiger partial charge in [0.2, 0.25) is 5.91 Å². The van der Waals surface area contributed by atoms with Gasteiger partial charge in [0.15, 0.2) is 0 Å². The van der Waals surface area contributed by atoms with Gasteiger partial charge in [0.25, 0.3) is 0 Å². The number of amides is 1. The molecule has 0 aromatic carbocycles. The van der Waals surface area contributed by atoms with Gasteiger partial charge in [-0.1, -0.05) is 0 Å². The molecule has 3 nitrogen and oxygen atoms in total. The number of carbonyl (C=O) groups is 1. The summed E-state index contributed by atoms with van der Waals surface area (Å²) < 4.78 is 0. The third kappa shape index (κ3) is 1.70. The summed E-state index contributed by atoms with van der Waals surface area (Å²) in [7, 11) is 0. The van der Waals surface area contributed by atoms with Crippen LogP contribution in [-0.2, 0) is 4.79 Å². The van der Waals surface area contributed by atoms with E-state index in [4.69, 9.17) is 5.73 Å². The maximum atomic E-state index is 11.0. The van der Waals surface area contributed by atoms with Gasteiger partial charge in [0.05, 0.1) is 6.10 Å². The Kier molecular flexibility index (Phi) is 2.28. The first kappa shape index (κ1) is 9.00. The zero-order valence-corrected chi connectivity index (χ0v) is 7.78. The summed E-state index contributed by atoms with van der Waals surface area (Å²) in [6.07, 6.45) is 4.62. The normalized spacial score (nSPS) is 44.4. The first-order valence-electron chi connectivity index (χ1n) is 5.14. The van der Waals surface area contributed by atoms with Crippen LogP contribution >= 0.6 is 0 Å². The molecule has 1 amide bonds. The lowest BCUT2D eigenvalue weighted by Crippen LogP contribution is -2.23. The van der Waals surface area contributed by atoms with E-state index < -0.39 is 0 Å². The molecule has 1 unspecified atom stereocenters. The maximum Gasteiger partial charge on any atom is 0.220 e. The van der Waals surface area contributed by atoms with Gasteiger partial charge in [-0.25, -0.2) is 0 Å². The molecule has 3 heteroatoms. The van der Waals surface area contributed by atoms with Crippen LogP contribution in [0.2, 0.25) is 0 Å². The van der Waals surface area contributed by atoms with Crippen molar-refractivity contribution < 1.29 is 9.90 Å². The van der Waals surface area contributed by atoms with E-state index in [0.717, 1.165) is 32.1 Å². The molecule has 0 bridgehead atoms. The highest BCUT2D eigenvalue weighted by Crippen LogP contribution is 2.44. The summed E-state index contributed by atoms with van der Waals surface area (Å²) in [5.74, 6) is 1.14. The fourth-order valence-corrected chi connectivity index (χ4v) is 2.96. The summed E-state index contributed by atoms with van der Waals surface area (Å²) in [5.41, 5.74) is 5.29. The van der Waals surface area contributed by atoms with Crippen LogP contribution in [0.25, 0.3) is 0 Å². The van der Waals surface area contributed by atoms with Crippen molar-refractivity contribution in [3.63, 3.8) is 0 Å². The van der Waals surface area contributed by atoms with Gasteiger partial charge in [-0.2, -0.15) is 0 Å². The lowest BCUT2D eigenvalue weighted by Gasteiger charge is -2.28. The molecule has 2 aliphatic rings. The Morgan fingerprint density at radius 2 is 1.85 bits per heavy atom. The summed E-state index contributed by atoms with van der Waals surface area (Å²) in [6.45, 7) is 0. The molecule has 74 valence electrons.